The first-order valence-corrected chi connectivity index (χ1v) is 6.03. The second-order valence-corrected chi connectivity index (χ2v) is 5.70. The molecule has 0 bridgehead atoms. The zero-order valence-electron chi connectivity index (χ0n) is 11.1. The minimum absolute atomic E-state index is 0.287. The van der Waals surface area contributed by atoms with Crippen molar-refractivity contribution in [2.45, 2.75) is 45.6 Å². The molecular weight excluding hydrogens is 240 g/mol. The molecule has 5 atom stereocenters. The van der Waals surface area contributed by atoms with E-state index >= 15 is 0 Å². The smallest absolute Gasteiger partial charge is 0.311 e. The standard InChI is InChI=1S/C12H20O6/c1-12(2,3)11(14)18-8-7-6(5-16-9(7)13)17-10(8)15-4/h6-10,13H,5H2,1-4H3/t6-,7+,8-,9-,10+/m1/s1. The maximum absolute atomic E-state index is 11.9. The summed E-state index contributed by atoms with van der Waals surface area (Å²) >= 11 is 0. The van der Waals surface area contributed by atoms with Gasteiger partial charge in [0, 0.05) is 7.11 Å². The normalized spacial score (nSPS) is 39.7. The molecule has 0 aromatic rings. The van der Waals surface area contributed by atoms with Gasteiger partial charge in [-0.25, -0.2) is 0 Å². The average Bonchev–Trinajstić information content (AvgIpc) is 2.79. The SMILES string of the molecule is CO[C@H]1O[C@@H]2CO[C@@H](O)[C@@H]2[C@H]1OC(=O)C(C)(C)C. The van der Waals surface area contributed by atoms with Crippen LogP contribution >= 0.6 is 0 Å². The Labute approximate surface area is 106 Å². The molecule has 2 aliphatic rings. The van der Waals surface area contributed by atoms with E-state index in [1.54, 1.807) is 20.8 Å². The highest BCUT2D eigenvalue weighted by atomic mass is 16.7. The number of ether oxygens (including phenoxy) is 4. The average molecular weight is 260 g/mol. The van der Waals surface area contributed by atoms with Crippen molar-refractivity contribution in [3.05, 3.63) is 0 Å². The fraction of sp³-hybridized carbons (Fsp3) is 0.917. The highest BCUT2D eigenvalue weighted by molar-refractivity contribution is 5.75. The number of carbonyl (C=O) groups excluding carboxylic acids is 1. The van der Waals surface area contributed by atoms with Crippen LogP contribution in [0.3, 0.4) is 0 Å². The largest absolute Gasteiger partial charge is 0.456 e. The molecule has 0 saturated carbocycles. The number of hydrogen-bond acceptors (Lipinski definition) is 6. The van der Waals surface area contributed by atoms with Crippen molar-refractivity contribution in [2.24, 2.45) is 11.3 Å². The minimum Gasteiger partial charge on any atom is -0.456 e. The third-order valence-electron chi connectivity index (χ3n) is 3.23. The summed E-state index contributed by atoms with van der Waals surface area (Å²) in [6.07, 6.45) is -2.55. The Kier molecular flexibility index (Phi) is 3.64. The van der Waals surface area contributed by atoms with Gasteiger partial charge in [0.05, 0.1) is 24.0 Å². The van der Waals surface area contributed by atoms with Crippen LogP contribution in [0.4, 0.5) is 0 Å². The predicted molar refractivity (Wildman–Crippen MR) is 60.5 cm³/mol. The molecule has 2 heterocycles. The number of fused-ring (bicyclic) bond motifs is 1. The molecule has 0 aliphatic carbocycles. The van der Waals surface area contributed by atoms with Gasteiger partial charge in [-0.05, 0) is 20.8 Å². The molecule has 2 aliphatic heterocycles. The van der Waals surface area contributed by atoms with Gasteiger partial charge >= 0.3 is 5.97 Å². The molecule has 18 heavy (non-hydrogen) atoms. The van der Waals surface area contributed by atoms with Crippen LogP contribution in [0.15, 0.2) is 0 Å². The van der Waals surface area contributed by atoms with E-state index in [-0.39, 0.29) is 24.6 Å². The van der Waals surface area contributed by atoms with E-state index in [1.165, 1.54) is 7.11 Å². The molecule has 0 radical (unpaired) electrons. The topological polar surface area (TPSA) is 74.2 Å². The van der Waals surface area contributed by atoms with Crippen LogP contribution in [0.2, 0.25) is 0 Å². The Morgan fingerprint density at radius 1 is 1.39 bits per heavy atom. The Balaban J connectivity index is 2.10. The third kappa shape index (κ3) is 2.38. The number of methoxy groups -OCH3 is 1. The summed E-state index contributed by atoms with van der Waals surface area (Å²) in [5.74, 6) is -0.737. The lowest BCUT2D eigenvalue weighted by Gasteiger charge is -2.26. The van der Waals surface area contributed by atoms with Crippen LogP contribution in [-0.4, -0.2) is 49.6 Å². The summed E-state index contributed by atoms with van der Waals surface area (Å²) in [4.78, 5) is 11.9. The summed E-state index contributed by atoms with van der Waals surface area (Å²) in [6.45, 7) is 5.60. The number of aliphatic hydroxyl groups excluding tert-OH is 1. The van der Waals surface area contributed by atoms with Crippen molar-refractivity contribution in [2.75, 3.05) is 13.7 Å². The number of esters is 1. The van der Waals surface area contributed by atoms with Gasteiger partial charge in [0.15, 0.2) is 18.7 Å². The lowest BCUT2D eigenvalue weighted by atomic mass is 9.96. The molecule has 6 heteroatoms. The van der Waals surface area contributed by atoms with Gasteiger partial charge in [-0.1, -0.05) is 0 Å². The first-order valence-electron chi connectivity index (χ1n) is 6.03. The Hall–Kier alpha value is -0.690. The second kappa shape index (κ2) is 4.77. The summed E-state index contributed by atoms with van der Waals surface area (Å²) in [6, 6.07) is 0. The van der Waals surface area contributed by atoms with Crippen molar-refractivity contribution in [3.8, 4) is 0 Å². The van der Waals surface area contributed by atoms with Gasteiger partial charge in [-0.3, -0.25) is 4.79 Å². The molecule has 0 unspecified atom stereocenters. The summed E-state index contributed by atoms with van der Waals surface area (Å²) in [5.41, 5.74) is -0.610. The number of rotatable bonds is 2. The number of carbonyl (C=O) groups is 1. The van der Waals surface area contributed by atoms with E-state index in [0.29, 0.717) is 0 Å². The molecule has 0 spiro atoms. The highest BCUT2D eigenvalue weighted by Crippen LogP contribution is 2.38. The molecule has 0 aromatic heterocycles. The van der Waals surface area contributed by atoms with Gasteiger partial charge in [0.2, 0.25) is 0 Å². The summed E-state index contributed by atoms with van der Waals surface area (Å²) in [5, 5.41) is 9.75. The van der Waals surface area contributed by atoms with Gasteiger partial charge < -0.3 is 24.1 Å². The lowest BCUT2D eigenvalue weighted by Crippen LogP contribution is -2.40. The van der Waals surface area contributed by atoms with Crippen molar-refractivity contribution >= 4 is 5.97 Å². The third-order valence-corrected chi connectivity index (χ3v) is 3.23. The van der Waals surface area contributed by atoms with Crippen LogP contribution in [0, 0.1) is 11.3 Å². The van der Waals surface area contributed by atoms with Crippen LogP contribution in [0.5, 0.6) is 0 Å². The van der Waals surface area contributed by atoms with Crippen LogP contribution in [0.1, 0.15) is 20.8 Å². The second-order valence-electron chi connectivity index (χ2n) is 5.70. The molecule has 2 rings (SSSR count). The Morgan fingerprint density at radius 2 is 2.06 bits per heavy atom. The quantitative estimate of drug-likeness (QED) is 0.719. The molecular formula is C12H20O6. The van der Waals surface area contributed by atoms with E-state index in [4.69, 9.17) is 18.9 Å². The van der Waals surface area contributed by atoms with E-state index in [0.717, 1.165) is 0 Å². The Bertz CT molecular complexity index is 323. The Morgan fingerprint density at radius 3 is 2.61 bits per heavy atom. The molecule has 2 fully saturated rings. The molecule has 0 aromatic carbocycles. The zero-order chi connectivity index (χ0) is 13.5. The van der Waals surface area contributed by atoms with Crippen LogP contribution in [-0.2, 0) is 23.7 Å². The summed E-state index contributed by atoms with van der Waals surface area (Å²) < 4.78 is 21.2. The number of aliphatic hydroxyl groups is 1. The fourth-order valence-electron chi connectivity index (χ4n) is 2.16. The van der Waals surface area contributed by atoms with Crippen LogP contribution in [0.25, 0.3) is 0 Å². The maximum Gasteiger partial charge on any atom is 0.311 e. The van der Waals surface area contributed by atoms with Crippen molar-refractivity contribution in [1.82, 2.24) is 0 Å². The van der Waals surface area contributed by atoms with E-state index in [2.05, 4.69) is 0 Å². The van der Waals surface area contributed by atoms with Crippen molar-refractivity contribution in [1.29, 1.82) is 0 Å². The van der Waals surface area contributed by atoms with Crippen molar-refractivity contribution in [3.63, 3.8) is 0 Å². The number of hydrogen-bond donors (Lipinski definition) is 1. The molecule has 2 saturated heterocycles. The van der Waals surface area contributed by atoms with Gasteiger partial charge in [-0.2, -0.15) is 0 Å². The highest BCUT2D eigenvalue weighted by Gasteiger charge is 2.55. The molecule has 1 N–H and O–H groups in total. The molecule has 0 amide bonds. The first kappa shape index (κ1) is 13.7. The van der Waals surface area contributed by atoms with Gasteiger partial charge in [0.25, 0.3) is 0 Å². The minimum atomic E-state index is -0.979. The van der Waals surface area contributed by atoms with E-state index in [1.807, 2.05) is 0 Å². The zero-order valence-corrected chi connectivity index (χ0v) is 11.1. The fourth-order valence-corrected chi connectivity index (χ4v) is 2.16. The van der Waals surface area contributed by atoms with Gasteiger partial charge in [0.1, 0.15) is 0 Å². The molecule has 6 nitrogen and oxygen atoms in total. The monoisotopic (exact) mass is 260 g/mol. The lowest BCUT2D eigenvalue weighted by molar-refractivity contribution is -0.201. The predicted octanol–water partition coefficient (Wildman–Crippen LogP) is 0.280. The van der Waals surface area contributed by atoms with E-state index in [9.17, 15) is 9.90 Å². The van der Waals surface area contributed by atoms with E-state index < -0.39 is 24.1 Å². The molecule has 104 valence electrons. The van der Waals surface area contributed by atoms with Crippen molar-refractivity contribution < 1.29 is 28.8 Å². The maximum atomic E-state index is 11.9. The van der Waals surface area contributed by atoms with Crippen LogP contribution < -0.4 is 0 Å². The summed E-state index contributed by atoms with van der Waals surface area (Å²) in [7, 11) is 1.48. The first-order chi connectivity index (χ1) is 8.34. The van der Waals surface area contributed by atoms with Gasteiger partial charge in [-0.15, -0.1) is 0 Å².